The van der Waals surface area contributed by atoms with Crippen LogP contribution in [-0.2, 0) is 0 Å². The number of pyridine rings is 2. The van der Waals surface area contributed by atoms with Gasteiger partial charge in [0, 0.05) is 42.4 Å². The van der Waals surface area contributed by atoms with Crippen molar-refractivity contribution >= 4 is 16.7 Å². The van der Waals surface area contributed by atoms with E-state index in [0.29, 0.717) is 29.8 Å². The van der Waals surface area contributed by atoms with Crippen LogP contribution in [0.5, 0.6) is 11.6 Å². The summed E-state index contributed by atoms with van der Waals surface area (Å²) in [7, 11) is 3.77. The van der Waals surface area contributed by atoms with Crippen molar-refractivity contribution in [3.8, 4) is 22.9 Å². The van der Waals surface area contributed by atoms with Crippen molar-refractivity contribution in [1.29, 1.82) is 0 Å². The van der Waals surface area contributed by atoms with Gasteiger partial charge >= 0.3 is 0 Å². The number of likely N-dealkylation sites (tertiary alicyclic amines) is 1. The van der Waals surface area contributed by atoms with Crippen molar-refractivity contribution in [3.63, 3.8) is 0 Å². The van der Waals surface area contributed by atoms with E-state index in [0.717, 1.165) is 40.9 Å². The molecule has 0 spiro atoms. The first-order chi connectivity index (χ1) is 14.5. The number of ether oxygens (including phenoxy) is 2. The van der Waals surface area contributed by atoms with Crippen LogP contribution < -0.4 is 9.47 Å². The molecule has 1 fully saturated rings. The maximum atomic E-state index is 6.01. The topological polar surface area (TPSA) is 80.6 Å². The zero-order chi connectivity index (χ0) is 20.8. The summed E-state index contributed by atoms with van der Waals surface area (Å²) in [6, 6.07) is 5.98. The quantitative estimate of drug-likeness (QED) is 0.529. The lowest BCUT2D eigenvalue weighted by molar-refractivity contribution is 0.0840. The average Bonchev–Trinajstić information content (AvgIpc) is 3.33. The Morgan fingerprint density at radius 2 is 2.10 bits per heavy atom. The zero-order valence-corrected chi connectivity index (χ0v) is 17.7. The number of hydrogen-bond acceptors (Lipinski definition) is 6. The fraction of sp³-hybridized carbons (Fsp3) is 0.409. The number of fused-ring (bicyclic) bond motifs is 2. The molecule has 5 heterocycles. The van der Waals surface area contributed by atoms with Crippen LogP contribution in [0.1, 0.15) is 25.3 Å². The largest absolute Gasteiger partial charge is 0.493 e. The molecule has 0 unspecified atom stereocenters. The first-order valence-electron chi connectivity index (χ1n) is 10.2. The Morgan fingerprint density at radius 3 is 2.83 bits per heavy atom. The molecule has 0 atom stereocenters. The molecule has 8 nitrogen and oxygen atoms in total. The fourth-order valence-electron chi connectivity index (χ4n) is 4.26. The number of hydrogen-bond donors (Lipinski definition) is 1. The van der Waals surface area contributed by atoms with Gasteiger partial charge in [-0.3, -0.25) is 0 Å². The van der Waals surface area contributed by atoms with Crippen molar-refractivity contribution in [2.24, 2.45) is 5.92 Å². The van der Waals surface area contributed by atoms with E-state index in [2.05, 4.69) is 40.9 Å². The molecular weight excluding hydrogens is 380 g/mol. The molecule has 1 aliphatic heterocycles. The molecule has 4 aromatic heterocycles. The zero-order valence-electron chi connectivity index (χ0n) is 17.7. The van der Waals surface area contributed by atoms with Crippen LogP contribution in [0.15, 0.2) is 30.7 Å². The van der Waals surface area contributed by atoms with Gasteiger partial charge in [-0.25, -0.2) is 14.5 Å². The minimum atomic E-state index is 0.272. The minimum Gasteiger partial charge on any atom is -0.493 e. The van der Waals surface area contributed by atoms with E-state index in [9.17, 15) is 0 Å². The Bertz CT molecular complexity index is 1210. The lowest BCUT2D eigenvalue weighted by Gasteiger charge is -2.35. The van der Waals surface area contributed by atoms with Crippen molar-refractivity contribution in [2.75, 3.05) is 33.9 Å². The predicted molar refractivity (Wildman–Crippen MR) is 115 cm³/mol. The van der Waals surface area contributed by atoms with E-state index >= 15 is 0 Å². The highest BCUT2D eigenvalue weighted by Crippen LogP contribution is 2.37. The fourth-order valence-corrected chi connectivity index (χ4v) is 4.26. The van der Waals surface area contributed by atoms with Gasteiger partial charge in [-0.15, -0.1) is 0 Å². The summed E-state index contributed by atoms with van der Waals surface area (Å²) in [4.78, 5) is 15.0. The minimum absolute atomic E-state index is 0.272. The number of rotatable bonds is 6. The van der Waals surface area contributed by atoms with Crippen molar-refractivity contribution in [3.05, 3.63) is 36.3 Å². The summed E-state index contributed by atoms with van der Waals surface area (Å²) in [6.45, 7) is 7.23. The standard InChI is InChI=1S/C22H26N6O2/c1-13(2)19-20(15-7-17(29-4)22-23-12-24-28(22)10-15)25-16-5-6-18(26-21(16)19)30-11-14-8-27(3)9-14/h5-7,10,12-14,25H,8-9,11H2,1-4H3. The first-order valence-corrected chi connectivity index (χ1v) is 10.2. The predicted octanol–water partition coefficient (Wildman–Crippen LogP) is 3.35. The first kappa shape index (κ1) is 18.9. The smallest absolute Gasteiger partial charge is 0.213 e. The summed E-state index contributed by atoms with van der Waals surface area (Å²) in [5.41, 5.74) is 5.77. The molecule has 1 aliphatic rings. The molecule has 0 aromatic carbocycles. The van der Waals surface area contributed by atoms with Crippen LogP contribution in [0, 0.1) is 5.92 Å². The highest BCUT2D eigenvalue weighted by molar-refractivity contribution is 5.89. The molecule has 4 aromatic rings. The second-order valence-corrected chi connectivity index (χ2v) is 8.34. The number of H-pyrrole nitrogens is 1. The van der Waals surface area contributed by atoms with E-state index in [1.807, 2.05) is 24.4 Å². The van der Waals surface area contributed by atoms with Crippen molar-refractivity contribution in [1.82, 2.24) is 29.5 Å². The third-order valence-electron chi connectivity index (χ3n) is 5.69. The van der Waals surface area contributed by atoms with Gasteiger partial charge in [0.1, 0.15) is 6.33 Å². The third kappa shape index (κ3) is 3.17. The third-order valence-corrected chi connectivity index (χ3v) is 5.69. The average molecular weight is 406 g/mol. The second kappa shape index (κ2) is 7.28. The maximum absolute atomic E-state index is 6.01. The van der Waals surface area contributed by atoms with Gasteiger partial charge in [0.2, 0.25) is 5.88 Å². The van der Waals surface area contributed by atoms with E-state index in [4.69, 9.17) is 14.5 Å². The number of aromatic amines is 1. The Morgan fingerprint density at radius 1 is 1.27 bits per heavy atom. The van der Waals surface area contributed by atoms with Gasteiger partial charge in [0.05, 0.1) is 30.4 Å². The molecule has 30 heavy (non-hydrogen) atoms. The van der Waals surface area contributed by atoms with Gasteiger partial charge in [0.15, 0.2) is 11.4 Å². The van der Waals surface area contributed by atoms with E-state index in [1.165, 1.54) is 6.33 Å². The molecule has 5 rings (SSSR count). The van der Waals surface area contributed by atoms with Crippen molar-refractivity contribution in [2.45, 2.75) is 19.8 Å². The van der Waals surface area contributed by atoms with E-state index < -0.39 is 0 Å². The molecule has 0 saturated carbocycles. The highest BCUT2D eigenvalue weighted by Gasteiger charge is 2.24. The van der Waals surface area contributed by atoms with Crippen LogP contribution in [0.3, 0.4) is 0 Å². The summed E-state index contributed by atoms with van der Waals surface area (Å²) >= 11 is 0. The second-order valence-electron chi connectivity index (χ2n) is 8.34. The Hall–Kier alpha value is -3.13. The van der Waals surface area contributed by atoms with Gasteiger partial charge in [-0.05, 0) is 25.1 Å². The Kier molecular flexibility index (Phi) is 4.58. The van der Waals surface area contributed by atoms with Crippen LogP contribution in [0.2, 0.25) is 0 Å². The van der Waals surface area contributed by atoms with E-state index in [-0.39, 0.29) is 5.92 Å². The monoisotopic (exact) mass is 406 g/mol. The Labute approximate surface area is 174 Å². The Balaban J connectivity index is 1.56. The number of nitrogens with zero attached hydrogens (tertiary/aromatic N) is 5. The maximum Gasteiger partial charge on any atom is 0.213 e. The molecule has 8 heteroatoms. The normalized spacial score (nSPS) is 15.2. The lowest BCUT2D eigenvalue weighted by Crippen LogP contribution is -2.46. The molecule has 0 bridgehead atoms. The molecule has 1 N–H and O–H groups in total. The summed E-state index contributed by atoms with van der Waals surface area (Å²) in [6.07, 6.45) is 3.49. The van der Waals surface area contributed by atoms with Crippen LogP contribution in [0.25, 0.3) is 27.9 Å². The van der Waals surface area contributed by atoms with Gasteiger partial charge in [0.25, 0.3) is 0 Å². The lowest BCUT2D eigenvalue weighted by atomic mass is 9.99. The SMILES string of the molecule is COc1cc(-c2[nH]c3ccc(OCC4CN(C)C4)nc3c2C(C)C)cn2ncnc12. The number of aromatic nitrogens is 5. The highest BCUT2D eigenvalue weighted by atomic mass is 16.5. The van der Waals surface area contributed by atoms with Crippen LogP contribution in [0.4, 0.5) is 0 Å². The van der Waals surface area contributed by atoms with Gasteiger partial charge in [-0.2, -0.15) is 5.10 Å². The molecule has 0 radical (unpaired) electrons. The molecule has 0 aliphatic carbocycles. The molecule has 156 valence electrons. The number of methoxy groups -OCH3 is 1. The molecule has 1 saturated heterocycles. The van der Waals surface area contributed by atoms with E-state index in [1.54, 1.807) is 11.6 Å². The molecule has 0 amide bonds. The summed E-state index contributed by atoms with van der Waals surface area (Å²) in [5, 5.41) is 4.29. The van der Waals surface area contributed by atoms with Gasteiger partial charge < -0.3 is 19.4 Å². The summed E-state index contributed by atoms with van der Waals surface area (Å²) < 4.78 is 13.3. The molecular formula is C22H26N6O2. The van der Waals surface area contributed by atoms with Crippen LogP contribution in [-0.4, -0.2) is 63.3 Å². The summed E-state index contributed by atoms with van der Waals surface area (Å²) in [5.74, 6) is 2.21. The number of nitrogens with one attached hydrogen (secondary N) is 1. The van der Waals surface area contributed by atoms with Crippen molar-refractivity contribution < 1.29 is 9.47 Å². The van der Waals surface area contributed by atoms with Crippen LogP contribution >= 0.6 is 0 Å². The van der Waals surface area contributed by atoms with Gasteiger partial charge in [-0.1, -0.05) is 13.8 Å².